The minimum Gasteiger partial charge on any atom is -0.495 e. The second-order valence-corrected chi connectivity index (χ2v) is 5.74. The largest absolute Gasteiger partial charge is 0.495 e. The van der Waals surface area contributed by atoms with E-state index in [1.165, 1.54) is 0 Å². The first-order chi connectivity index (χ1) is 9.46. The molecule has 5 heteroatoms. The summed E-state index contributed by atoms with van der Waals surface area (Å²) in [4.78, 5) is 14.9. The van der Waals surface area contributed by atoms with Gasteiger partial charge in [0.1, 0.15) is 5.75 Å². The summed E-state index contributed by atoms with van der Waals surface area (Å²) in [6.07, 6.45) is 0. The zero-order chi connectivity index (χ0) is 14.8. The van der Waals surface area contributed by atoms with Crippen molar-refractivity contribution in [1.82, 2.24) is 4.90 Å². The predicted octanol–water partition coefficient (Wildman–Crippen LogP) is 2.64. The number of ether oxygens (including phenoxy) is 2. The fourth-order valence-electron chi connectivity index (χ4n) is 2.42. The molecular weight excluding hydrogens is 278 g/mol. The molecule has 0 radical (unpaired) electrons. The van der Waals surface area contributed by atoms with Crippen LogP contribution in [0.25, 0.3) is 0 Å². The third-order valence-electron chi connectivity index (χ3n) is 3.77. The second-order valence-electron chi connectivity index (χ2n) is 5.34. The maximum atomic E-state index is 12.8. The first kappa shape index (κ1) is 15.3. The van der Waals surface area contributed by atoms with Gasteiger partial charge in [-0.1, -0.05) is 11.6 Å². The summed E-state index contributed by atoms with van der Waals surface area (Å²) in [5.74, 6) is 0.588. The van der Waals surface area contributed by atoms with E-state index in [1.54, 1.807) is 25.3 Å². The van der Waals surface area contributed by atoms with Gasteiger partial charge in [-0.05, 0) is 32.0 Å². The SMILES string of the molecule is COc1cc(C(=O)C(C)(C)N2CCOCC2)ccc1Cl. The number of carbonyl (C=O) groups excluding carboxylic acids is 1. The van der Waals surface area contributed by atoms with E-state index in [-0.39, 0.29) is 5.78 Å². The standard InChI is InChI=1S/C15H20ClNO3/c1-15(2,17-6-8-20-9-7-17)14(18)11-4-5-12(16)13(10-11)19-3/h4-5,10H,6-9H2,1-3H3. The van der Waals surface area contributed by atoms with Gasteiger partial charge in [0.05, 0.1) is 30.9 Å². The molecular formula is C15H20ClNO3. The average molecular weight is 298 g/mol. The third kappa shape index (κ3) is 2.97. The number of nitrogens with zero attached hydrogens (tertiary/aromatic N) is 1. The van der Waals surface area contributed by atoms with E-state index in [4.69, 9.17) is 21.1 Å². The Hall–Kier alpha value is -1.10. The normalized spacial score (nSPS) is 17.0. The molecule has 1 aliphatic heterocycles. The molecule has 0 bridgehead atoms. The zero-order valence-electron chi connectivity index (χ0n) is 12.1. The van der Waals surface area contributed by atoms with E-state index in [2.05, 4.69) is 4.90 Å². The van der Waals surface area contributed by atoms with Crippen LogP contribution >= 0.6 is 11.6 Å². The molecule has 0 N–H and O–H groups in total. The van der Waals surface area contributed by atoms with Gasteiger partial charge in [-0.15, -0.1) is 0 Å². The Balaban J connectivity index is 2.24. The van der Waals surface area contributed by atoms with Crippen molar-refractivity contribution < 1.29 is 14.3 Å². The van der Waals surface area contributed by atoms with E-state index < -0.39 is 5.54 Å². The van der Waals surface area contributed by atoms with E-state index in [0.29, 0.717) is 29.5 Å². The fourth-order valence-corrected chi connectivity index (χ4v) is 2.61. The van der Waals surface area contributed by atoms with Crippen molar-refractivity contribution in [2.45, 2.75) is 19.4 Å². The molecule has 0 unspecified atom stereocenters. The molecule has 20 heavy (non-hydrogen) atoms. The van der Waals surface area contributed by atoms with Crippen LogP contribution in [0.2, 0.25) is 5.02 Å². The molecule has 1 aromatic rings. The highest BCUT2D eigenvalue weighted by atomic mass is 35.5. The van der Waals surface area contributed by atoms with Crippen LogP contribution in [0.5, 0.6) is 5.75 Å². The topological polar surface area (TPSA) is 38.8 Å². The van der Waals surface area contributed by atoms with Crippen LogP contribution < -0.4 is 4.74 Å². The third-order valence-corrected chi connectivity index (χ3v) is 4.08. The number of methoxy groups -OCH3 is 1. The number of hydrogen-bond donors (Lipinski definition) is 0. The number of ketones is 1. The van der Waals surface area contributed by atoms with Crippen LogP contribution in [0.3, 0.4) is 0 Å². The Kier molecular flexibility index (Phi) is 4.68. The molecule has 4 nitrogen and oxygen atoms in total. The van der Waals surface area contributed by atoms with Gasteiger partial charge in [-0.25, -0.2) is 0 Å². The van der Waals surface area contributed by atoms with Crippen molar-refractivity contribution in [3.63, 3.8) is 0 Å². The summed E-state index contributed by atoms with van der Waals surface area (Å²) >= 11 is 6.00. The van der Waals surface area contributed by atoms with E-state index in [9.17, 15) is 4.79 Å². The Morgan fingerprint density at radius 1 is 1.35 bits per heavy atom. The van der Waals surface area contributed by atoms with E-state index in [1.807, 2.05) is 13.8 Å². The average Bonchev–Trinajstić information content (AvgIpc) is 2.48. The lowest BCUT2D eigenvalue weighted by molar-refractivity contribution is -0.00430. The van der Waals surface area contributed by atoms with Crippen molar-refractivity contribution in [2.24, 2.45) is 0 Å². The monoisotopic (exact) mass is 297 g/mol. The van der Waals surface area contributed by atoms with Crippen molar-refractivity contribution >= 4 is 17.4 Å². The summed E-state index contributed by atoms with van der Waals surface area (Å²) in [7, 11) is 1.54. The molecule has 2 rings (SSSR count). The lowest BCUT2D eigenvalue weighted by Crippen LogP contribution is -2.54. The molecule has 0 aromatic heterocycles. The highest BCUT2D eigenvalue weighted by molar-refractivity contribution is 6.32. The van der Waals surface area contributed by atoms with Crippen molar-refractivity contribution in [3.05, 3.63) is 28.8 Å². The van der Waals surface area contributed by atoms with Gasteiger partial charge >= 0.3 is 0 Å². The highest BCUT2D eigenvalue weighted by Crippen LogP contribution is 2.28. The quantitative estimate of drug-likeness (QED) is 0.801. The van der Waals surface area contributed by atoms with Gasteiger partial charge in [-0.3, -0.25) is 9.69 Å². The summed E-state index contributed by atoms with van der Waals surface area (Å²) < 4.78 is 10.5. The van der Waals surface area contributed by atoms with Crippen molar-refractivity contribution in [3.8, 4) is 5.75 Å². The molecule has 1 heterocycles. The maximum Gasteiger partial charge on any atom is 0.182 e. The van der Waals surface area contributed by atoms with Crippen LogP contribution in [-0.2, 0) is 4.74 Å². The summed E-state index contributed by atoms with van der Waals surface area (Å²) in [6.45, 7) is 6.76. The first-order valence-electron chi connectivity index (χ1n) is 6.68. The molecule has 1 fully saturated rings. The molecule has 0 amide bonds. The van der Waals surface area contributed by atoms with Gasteiger partial charge in [0.15, 0.2) is 5.78 Å². The van der Waals surface area contributed by atoms with Crippen LogP contribution in [-0.4, -0.2) is 49.6 Å². The van der Waals surface area contributed by atoms with Gasteiger partial charge < -0.3 is 9.47 Å². The number of morpholine rings is 1. The molecule has 0 spiro atoms. The minimum absolute atomic E-state index is 0.0642. The Morgan fingerprint density at radius 2 is 2.00 bits per heavy atom. The smallest absolute Gasteiger partial charge is 0.182 e. The van der Waals surface area contributed by atoms with Crippen LogP contribution in [0.4, 0.5) is 0 Å². The van der Waals surface area contributed by atoms with Crippen molar-refractivity contribution in [1.29, 1.82) is 0 Å². The lowest BCUT2D eigenvalue weighted by atomic mass is 9.91. The second kappa shape index (κ2) is 6.12. The molecule has 1 aliphatic rings. The fraction of sp³-hybridized carbons (Fsp3) is 0.533. The van der Waals surface area contributed by atoms with Crippen molar-refractivity contribution in [2.75, 3.05) is 33.4 Å². The molecule has 0 saturated carbocycles. The number of carbonyl (C=O) groups is 1. The van der Waals surface area contributed by atoms with Crippen LogP contribution in [0.1, 0.15) is 24.2 Å². The Labute approximate surface area is 124 Å². The summed E-state index contributed by atoms with van der Waals surface area (Å²) in [5, 5.41) is 0.508. The number of Topliss-reactive ketones (excluding diaryl/α,β-unsaturated/α-hetero) is 1. The van der Waals surface area contributed by atoms with Gasteiger partial charge in [-0.2, -0.15) is 0 Å². The predicted molar refractivity (Wildman–Crippen MR) is 78.8 cm³/mol. The molecule has 0 aliphatic carbocycles. The van der Waals surface area contributed by atoms with Gasteiger partial charge in [0.2, 0.25) is 0 Å². The molecule has 0 atom stereocenters. The summed E-state index contributed by atoms with van der Waals surface area (Å²) in [5.41, 5.74) is 0.0468. The summed E-state index contributed by atoms with van der Waals surface area (Å²) in [6, 6.07) is 5.14. The number of hydrogen-bond acceptors (Lipinski definition) is 4. The Morgan fingerprint density at radius 3 is 2.60 bits per heavy atom. The van der Waals surface area contributed by atoms with Crippen LogP contribution in [0.15, 0.2) is 18.2 Å². The zero-order valence-corrected chi connectivity index (χ0v) is 12.9. The van der Waals surface area contributed by atoms with E-state index >= 15 is 0 Å². The minimum atomic E-state index is -0.567. The van der Waals surface area contributed by atoms with Gasteiger partial charge in [0, 0.05) is 18.7 Å². The van der Waals surface area contributed by atoms with Crippen LogP contribution in [0, 0.1) is 0 Å². The molecule has 1 saturated heterocycles. The maximum absolute atomic E-state index is 12.8. The first-order valence-corrected chi connectivity index (χ1v) is 7.05. The highest BCUT2D eigenvalue weighted by Gasteiger charge is 2.36. The van der Waals surface area contributed by atoms with Gasteiger partial charge in [0.25, 0.3) is 0 Å². The lowest BCUT2D eigenvalue weighted by Gasteiger charge is -2.39. The Bertz CT molecular complexity index is 496. The number of benzene rings is 1. The number of halogens is 1. The number of rotatable bonds is 4. The molecule has 1 aromatic carbocycles. The van der Waals surface area contributed by atoms with E-state index in [0.717, 1.165) is 13.1 Å². The molecule has 110 valence electrons.